The van der Waals surface area contributed by atoms with E-state index in [1.807, 2.05) is 7.05 Å². The van der Waals surface area contributed by atoms with Crippen LogP contribution in [0, 0.1) is 0 Å². The monoisotopic (exact) mass is 232 g/mol. The molecule has 0 saturated carbocycles. The number of rotatable bonds is 6. The Labute approximate surface area is 102 Å². The van der Waals surface area contributed by atoms with Gasteiger partial charge in [-0.3, -0.25) is 0 Å². The fourth-order valence-corrected chi connectivity index (χ4v) is 2.07. The van der Waals surface area contributed by atoms with Crippen molar-refractivity contribution in [2.45, 2.75) is 13.0 Å². The number of nitrogens with one attached hydrogen (secondary N) is 1. The summed E-state index contributed by atoms with van der Waals surface area (Å²) in [4.78, 5) is 0. The zero-order valence-corrected chi connectivity index (χ0v) is 10.6. The first-order valence-corrected chi connectivity index (χ1v) is 6.08. The molecule has 1 aromatic heterocycles. The summed E-state index contributed by atoms with van der Waals surface area (Å²) in [7, 11) is 4.04. The van der Waals surface area contributed by atoms with E-state index in [1.165, 1.54) is 16.5 Å². The normalized spacial score (nSPS) is 11.2. The number of aryl methyl sites for hydroxylation is 1. The van der Waals surface area contributed by atoms with Crippen LogP contribution >= 0.6 is 0 Å². The molecule has 0 unspecified atom stereocenters. The predicted molar refractivity (Wildman–Crippen MR) is 71.1 cm³/mol. The molecule has 0 spiro atoms. The van der Waals surface area contributed by atoms with E-state index in [4.69, 9.17) is 4.74 Å². The molecule has 0 bridgehead atoms. The summed E-state index contributed by atoms with van der Waals surface area (Å²) in [6.45, 7) is 2.52. The lowest BCUT2D eigenvalue weighted by Crippen LogP contribution is -2.10. The Kier molecular flexibility index (Phi) is 4.18. The lowest BCUT2D eigenvalue weighted by molar-refractivity contribution is 0.119. The summed E-state index contributed by atoms with van der Waals surface area (Å²) in [5.74, 6) is 0. The molecule has 0 fully saturated rings. The maximum Gasteiger partial charge on any atom is 0.0737 e. The number of ether oxygens (including phenoxy) is 1. The summed E-state index contributed by atoms with van der Waals surface area (Å²) in [5.41, 5.74) is 2.54. The van der Waals surface area contributed by atoms with E-state index in [-0.39, 0.29) is 0 Å². The minimum atomic E-state index is 0.699. The fourth-order valence-electron chi connectivity index (χ4n) is 2.07. The summed E-state index contributed by atoms with van der Waals surface area (Å²) in [5, 5.41) is 4.41. The topological polar surface area (TPSA) is 26.2 Å². The molecule has 92 valence electrons. The number of aromatic nitrogens is 1. The number of hydrogen-bond donors (Lipinski definition) is 1. The predicted octanol–water partition coefficient (Wildman–Crippen LogP) is 2.30. The van der Waals surface area contributed by atoms with Crippen LogP contribution in [0.5, 0.6) is 0 Å². The molecule has 2 rings (SSSR count). The van der Waals surface area contributed by atoms with Gasteiger partial charge in [-0.05, 0) is 26.1 Å². The van der Waals surface area contributed by atoms with Crippen LogP contribution in [-0.2, 0) is 18.4 Å². The smallest absolute Gasteiger partial charge is 0.0737 e. The SMILES string of the molecule is CNCCCOCc1cn(C)c2ccccc12. The van der Waals surface area contributed by atoms with Crippen LogP contribution in [0.2, 0.25) is 0 Å². The van der Waals surface area contributed by atoms with Crippen molar-refractivity contribution in [1.82, 2.24) is 9.88 Å². The summed E-state index contributed by atoms with van der Waals surface area (Å²) in [6, 6.07) is 8.44. The molecule has 1 aromatic carbocycles. The van der Waals surface area contributed by atoms with Crippen LogP contribution in [0.1, 0.15) is 12.0 Å². The first kappa shape index (κ1) is 12.1. The van der Waals surface area contributed by atoms with E-state index in [0.29, 0.717) is 6.61 Å². The third kappa shape index (κ3) is 2.87. The quantitative estimate of drug-likeness (QED) is 0.773. The highest BCUT2D eigenvalue weighted by Gasteiger charge is 2.05. The molecule has 1 N–H and O–H groups in total. The Bertz CT molecular complexity index is 476. The maximum absolute atomic E-state index is 5.69. The van der Waals surface area contributed by atoms with Gasteiger partial charge in [-0.1, -0.05) is 18.2 Å². The van der Waals surface area contributed by atoms with Crippen LogP contribution in [0.4, 0.5) is 0 Å². The van der Waals surface area contributed by atoms with Gasteiger partial charge in [0.2, 0.25) is 0 Å². The lowest BCUT2D eigenvalue weighted by Gasteiger charge is -2.02. The Morgan fingerprint density at radius 2 is 2.12 bits per heavy atom. The third-order valence-corrected chi connectivity index (χ3v) is 2.95. The molecule has 0 aliphatic rings. The molecule has 0 aliphatic heterocycles. The first-order valence-electron chi connectivity index (χ1n) is 6.08. The van der Waals surface area contributed by atoms with E-state index >= 15 is 0 Å². The second-order valence-corrected chi connectivity index (χ2v) is 4.29. The fraction of sp³-hybridized carbons (Fsp3) is 0.429. The molecule has 0 amide bonds. The van der Waals surface area contributed by atoms with Crippen LogP contribution in [-0.4, -0.2) is 24.8 Å². The van der Waals surface area contributed by atoms with Gasteiger partial charge in [-0.25, -0.2) is 0 Å². The van der Waals surface area contributed by atoms with Crippen LogP contribution in [0.3, 0.4) is 0 Å². The highest BCUT2D eigenvalue weighted by molar-refractivity contribution is 5.83. The van der Waals surface area contributed by atoms with Crippen LogP contribution in [0.25, 0.3) is 10.9 Å². The van der Waals surface area contributed by atoms with E-state index in [1.54, 1.807) is 0 Å². The van der Waals surface area contributed by atoms with Gasteiger partial charge in [0.25, 0.3) is 0 Å². The zero-order chi connectivity index (χ0) is 12.1. The highest BCUT2D eigenvalue weighted by Crippen LogP contribution is 2.20. The standard InChI is InChI=1S/C14H20N2O/c1-15-8-5-9-17-11-12-10-16(2)14-7-4-3-6-13(12)14/h3-4,6-7,10,15H,5,8-9,11H2,1-2H3. The number of para-hydroxylation sites is 1. The maximum atomic E-state index is 5.69. The van der Waals surface area contributed by atoms with Crippen molar-refractivity contribution in [3.63, 3.8) is 0 Å². The van der Waals surface area contributed by atoms with Crippen LogP contribution < -0.4 is 5.32 Å². The van der Waals surface area contributed by atoms with Gasteiger partial charge in [0.05, 0.1) is 6.61 Å². The summed E-state index contributed by atoms with van der Waals surface area (Å²) < 4.78 is 7.84. The largest absolute Gasteiger partial charge is 0.377 e. The molecule has 3 heteroatoms. The number of fused-ring (bicyclic) bond motifs is 1. The molecule has 0 radical (unpaired) electrons. The van der Waals surface area contributed by atoms with Gasteiger partial charge in [-0.15, -0.1) is 0 Å². The average molecular weight is 232 g/mol. The van der Waals surface area contributed by atoms with Gasteiger partial charge in [0.1, 0.15) is 0 Å². The molecule has 1 heterocycles. The van der Waals surface area contributed by atoms with Crippen molar-refractivity contribution in [3.05, 3.63) is 36.0 Å². The van der Waals surface area contributed by atoms with Gasteiger partial charge in [0.15, 0.2) is 0 Å². The highest BCUT2D eigenvalue weighted by atomic mass is 16.5. The Hall–Kier alpha value is -1.32. The van der Waals surface area contributed by atoms with Crippen molar-refractivity contribution in [1.29, 1.82) is 0 Å². The summed E-state index contributed by atoms with van der Waals surface area (Å²) in [6.07, 6.45) is 3.21. The molecule has 0 atom stereocenters. The average Bonchev–Trinajstić information content (AvgIpc) is 2.67. The Morgan fingerprint density at radius 1 is 1.29 bits per heavy atom. The second kappa shape index (κ2) is 5.84. The molecule has 0 saturated heterocycles. The molecule has 0 aliphatic carbocycles. The minimum Gasteiger partial charge on any atom is -0.377 e. The number of benzene rings is 1. The summed E-state index contributed by atoms with van der Waals surface area (Å²) >= 11 is 0. The first-order chi connectivity index (χ1) is 8.33. The molecular weight excluding hydrogens is 212 g/mol. The van der Waals surface area contributed by atoms with E-state index < -0.39 is 0 Å². The number of nitrogens with zero attached hydrogens (tertiary/aromatic N) is 1. The van der Waals surface area contributed by atoms with Gasteiger partial charge in [-0.2, -0.15) is 0 Å². The van der Waals surface area contributed by atoms with E-state index in [2.05, 4.69) is 47.4 Å². The Balaban J connectivity index is 1.99. The van der Waals surface area contributed by atoms with Crippen molar-refractivity contribution in [2.24, 2.45) is 7.05 Å². The van der Waals surface area contributed by atoms with E-state index in [0.717, 1.165) is 19.6 Å². The Morgan fingerprint density at radius 3 is 2.94 bits per heavy atom. The van der Waals surface area contributed by atoms with Gasteiger partial charge < -0.3 is 14.6 Å². The van der Waals surface area contributed by atoms with Crippen molar-refractivity contribution >= 4 is 10.9 Å². The van der Waals surface area contributed by atoms with E-state index in [9.17, 15) is 0 Å². The molecule has 2 aromatic rings. The van der Waals surface area contributed by atoms with Crippen molar-refractivity contribution in [2.75, 3.05) is 20.2 Å². The van der Waals surface area contributed by atoms with Gasteiger partial charge in [0, 0.05) is 36.3 Å². The molecular formula is C14H20N2O. The van der Waals surface area contributed by atoms with Gasteiger partial charge >= 0.3 is 0 Å². The van der Waals surface area contributed by atoms with Crippen LogP contribution in [0.15, 0.2) is 30.5 Å². The second-order valence-electron chi connectivity index (χ2n) is 4.29. The third-order valence-electron chi connectivity index (χ3n) is 2.95. The minimum absolute atomic E-state index is 0.699. The van der Waals surface area contributed by atoms with Crippen molar-refractivity contribution < 1.29 is 4.74 Å². The number of hydrogen-bond acceptors (Lipinski definition) is 2. The lowest BCUT2D eigenvalue weighted by atomic mass is 10.2. The zero-order valence-electron chi connectivity index (χ0n) is 10.6. The molecule has 3 nitrogen and oxygen atoms in total. The molecule has 17 heavy (non-hydrogen) atoms. The van der Waals surface area contributed by atoms with Crippen molar-refractivity contribution in [3.8, 4) is 0 Å².